The fraction of sp³-hybridized carbons (Fsp3) is 0.632. The third-order valence-electron chi connectivity index (χ3n) is 4.48. The van der Waals surface area contributed by atoms with Crippen molar-refractivity contribution in [2.24, 2.45) is 4.99 Å². The second-order valence-electron chi connectivity index (χ2n) is 6.10. The van der Waals surface area contributed by atoms with Crippen molar-refractivity contribution in [3.8, 4) is 11.5 Å². The highest BCUT2D eigenvalue weighted by Crippen LogP contribution is 2.27. The number of ether oxygens (including phenoxy) is 2. The van der Waals surface area contributed by atoms with Crippen LogP contribution < -0.4 is 20.1 Å². The lowest BCUT2D eigenvalue weighted by Crippen LogP contribution is -2.42. The van der Waals surface area contributed by atoms with Gasteiger partial charge in [0.05, 0.1) is 14.2 Å². The highest BCUT2D eigenvalue weighted by molar-refractivity contribution is 5.79. The maximum Gasteiger partial charge on any atom is 0.191 e. The molecule has 6 heteroatoms. The first kappa shape index (κ1) is 21.1. The van der Waals surface area contributed by atoms with Crippen LogP contribution in [0.5, 0.6) is 11.5 Å². The predicted molar refractivity (Wildman–Crippen MR) is 105 cm³/mol. The zero-order valence-electron chi connectivity index (χ0n) is 16.6. The summed E-state index contributed by atoms with van der Waals surface area (Å²) in [5.41, 5.74) is 1.19. The highest BCUT2D eigenvalue weighted by atomic mass is 16.5. The summed E-state index contributed by atoms with van der Waals surface area (Å²) in [6.07, 6.45) is 2.04. The topological polar surface area (TPSA) is 58.1 Å². The summed E-state index contributed by atoms with van der Waals surface area (Å²) in [6, 6.07) is 6.60. The molecule has 1 aromatic carbocycles. The molecule has 0 bridgehead atoms. The van der Waals surface area contributed by atoms with Crippen molar-refractivity contribution in [1.82, 2.24) is 15.5 Å². The predicted octanol–water partition coefficient (Wildman–Crippen LogP) is 2.14. The minimum atomic E-state index is 0.599. The Bertz CT molecular complexity index is 534. The number of aliphatic imine (C=N–C) groups is 1. The fourth-order valence-corrected chi connectivity index (χ4v) is 2.46. The maximum absolute atomic E-state index is 5.34. The van der Waals surface area contributed by atoms with Gasteiger partial charge in [-0.25, -0.2) is 0 Å². The maximum atomic E-state index is 5.34. The van der Waals surface area contributed by atoms with Crippen LogP contribution in [0.1, 0.15) is 25.8 Å². The lowest BCUT2D eigenvalue weighted by atomic mass is 10.1. The minimum Gasteiger partial charge on any atom is -0.493 e. The minimum absolute atomic E-state index is 0.599. The van der Waals surface area contributed by atoms with Gasteiger partial charge in [0.15, 0.2) is 17.5 Å². The molecule has 0 fully saturated rings. The van der Waals surface area contributed by atoms with Gasteiger partial charge in [0, 0.05) is 32.7 Å². The van der Waals surface area contributed by atoms with E-state index >= 15 is 0 Å². The number of methoxy groups -OCH3 is 2. The normalized spacial score (nSPS) is 12.8. The first-order valence-electron chi connectivity index (χ1n) is 8.91. The molecule has 0 aliphatic carbocycles. The van der Waals surface area contributed by atoms with Gasteiger partial charge in [-0.1, -0.05) is 13.0 Å². The quantitative estimate of drug-likeness (QED) is 0.500. The molecular weight excluding hydrogens is 316 g/mol. The molecule has 0 spiro atoms. The Morgan fingerprint density at radius 3 is 2.44 bits per heavy atom. The lowest BCUT2D eigenvalue weighted by molar-refractivity contribution is 0.255. The molecule has 25 heavy (non-hydrogen) atoms. The van der Waals surface area contributed by atoms with E-state index in [9.17, 15) is 0 Å². The second kappa shape index (κ2) is 11.6. The number of guanidine groups is 1. The Kier molecular flexibility index (Phi) is 9.77. The van der Waals surface area contributed by atoms with Crippen molar-refractivity contribution in [2.75, 3.05) is 47.9 Å². The molecule has 0 aromatic heterocycles. The summed E-state index contributed by atoms with van der Waals surface area (Å²) in [7, 11) is 7.25. The van der Waals surface area contributed by atoms with Crippen LogP contribution in [0.2, 0.25) is 0 Å². The third-order valence-corrected chi connectivity index (χ3v) is 4.48. The van der Waals surface area contributed by atoms with E-state index in [1.54, 1.807) is 21.3 Å². The van der Waals surface area contributed by atoms with E-state index in [2.05, 4.69) is 47.5 Å². The van der Waals surface area contributed by atoms with Crippen molar-refractivity contribution in [2.45, 2.75) is 32.7 Å². The SMILES string of the molecule is CCC(C)N(C)CCNC(=NC)NCCc1ccc(OC)c(OC)c1. The molecule has 1 aromatic rings. The Morgan fingerprint density at radius 1 is 1.16 bits per heavy atom. The monoisotopic (exact) mass is 350 g/mol. The van der Waals surface area contributed by atoms with Gasteiger partial charge < -0.3 is 25.0 Å². The molecule has 0 amide bonds. The molecule has 1 rings (SSSR count). The zero-order valence-corrected chi connectivity index (χ0v) is 16.6. The van der Waals surface area contributed by atoms with Gasteiger partial charge in [-0.05, 0) is 44.5 Å². The summed E-state index contributed by atoms with van der Waals surface area (Å²) in [5, 5.41) is 6.71. The molecule has 0 saturated carbocycles. The summed E-state index contributed by atoms with van der Waals surface area (Å²) in [4.78, 5) is 6.62. The van der Waals surface area contributed by atoms with Crippen molar-refractivity contribution in [3.63, 3.8) is 0 Å². The third kappa shape index (κ3) is 7.22. The van der Waals surface area contributed by atoms with Crippen molar-refractivity contribution in [1.29, 1.82) is 0 Å². The largest absolute Gasteiger partial charge is 0.493 e. The molecule has 142 valence electrons. The number of hydrogen-bond acceptors (Lipinski definition) is 4. The molecule has 0 heterocycles. The van der Waals surface area contributed by atoms with Crippen LogP contribution in [0.25, 0.3) is 0 Å². The first-order chi connectivity index (χ1) is 12.0. The van der Waals surface area contributed by atoms with Crippen molar-refractivity contribution < 1.29 is 9.47 Å². The average molecular weight is 351 g/mol. The van der Waals surface area contributed by atoms with Crippen LogP contribution in [-0.4, -0.2) is 64.9 Å². The standard InChI is InChI=1S/C19H34N4O2/c1-7-15(2)23(4)13-12-22-19(20-3)21-11-10-16-8-9-17(24-5)18(14-16)25-6/h8-9,14-15H,7,10-13H2,1-6H3,(H2,20,21,22). The summed E-state index contributed by atoms with van der Waals surface area (Å²) >= 11 is 0. The second-order valence-corrected chi connectivity index (χ2v) is 6.10. The molecule has 6 nitrogen and oxygen atoms in total. The Labute approximate surface area is 152 Å². The van der Waals surface area contributed by atoms with Crippen LogP contribution >= 0.6 is 0 Å². The van der Waals surface area contributed by atoms with E-state index in [1.807, 2.05) is 12.1 Å². The van der Waals surface area contributed by atoms with Gasteiger partial charge in [-0.3, -0.25) is 4.99 Å². The molecular formula is C19H34N4O2. The smallest absolute Gasteiger partial charge is 0.191 e. The van der Waals surface area contributed by atoms with Crippen LogP contribution in [0.3, 0.4) is 0 Å². The number of nitrogens with zero attached hydrogens (tertiary/aromatic N) is 2. The highest BCUT2D eigenvalue weighted by Gasteiger charge is 2.07. The van der Waals surface area contributed by atoms with Gasteiger partial charge in [0.2, 0.25) is 0 Å². The Hall–Kier alpha value is -1.95. The fourth-order valence-electron chi connectivity index (χ4n) is 2.46. The lowest BCUT2D eigenvalue weighted by Gasteiger charge is -2.24. The van der Waals surface area contributed by atoms with Crippen molar-refractivity contribution in [3.05, 3.63) is 23.8 Å². The van der Waals surface area contributed by atoms with E-state index in [4.69, 9.17) is 9.47 Å². The average Bonchev–Trinajstić information content (AvgIpc) is 2.65. The van der Waals surface area contributed by atoms with E-state index in [-0.39, 0.29) is 0 Å². The summed E-state index contributed by atoms with van der Waals surface area (Å²) in [5.74, 6) is 2.34. The molecule has 0 aliphatic heterocycles. The molecule has 1 unspecified atom stereocenters. The van der Waals surface area contributed by atoms with E-state index in [0.717, 1.165) is 49.9 Å². The van der Waals surface area contributed by atoms with E-state index in [0.29, 0.717) is 6.04 Å². The summed E-state index contributed by atoms with van der Waals surface area (Å²) < 4.78 is 10.6. The number of benzene rings is 1. The van der Waals surface area contributed by atoms with Crippen LogP contribution in [0.15, 0.2) is 23.2 Å². The van der Waals surface area contributed by atoms with E-state index in [1.165, 1.54) is 5.56 Å². The Morgan fingerprint density at radius 2 is 1.84 bits per heavy atom. The number of nitrogens with one attached hydrogen (secondary N) is 2. The van der Waals surface area contributed by atoms with Crippen molar-refractivity contribution >= 4 is 5.96 Å². The number of likely N-dealkylation sites (N-methyl/N-ethyl adjacent to an activating group) is 1. The van der Waals surface area contributed by atoms with Crippen LogP contribution in [0.4, 0.5) is 0 Å². The molecule has 0 radical (unpaired) electrons. The summed E-state index contributed by atoms with van der Waals surface area (Å²) in [6.45, 7) is 7.12. The van der Waals surface area contributed by atoms with Gasteiger partial charge in [-0.2, -0.15) is 0 Å². The van der Waals surface area contributed by atoms with Gasteiger partial charge in [-0.15, -0.1) is 0 Å². The molecule has 0 saturated heterocycles. The molecule has 2 N–H and O–H groups in total. The Balaban J connectivity index is 2.38. The van der Waals surface area contributed by atoms with Crippen LogP contribution in [-0.2, 0) is 6.42 Å². The van der Waals surface area contributed by atoms with Gasteiger partial charge >= 0.3 is 0 Å². The zero-order chi connectivity index (χ0) is 18.7. The number of rotatable bonds is 10. The van der Waals surface area contributed by atoms with Crippen LogP contribution in [0, 0.1) is 0 Å². The molecule has 0 aliphatic rings. The van der Waals surface area contributed by atoms with E-state index < -0.39 is 0 Å². The number of hydrogen-bond donors (Lipinski definition) is 2. The molecule has 1 atom stereocenters. The first-order valence-corrected chi connectivity index (χ1v) is 8.91. The van der Waals surface area contributed by atoms with Gasteiger partial charge in [0.1, 0.15) is 0 Å². The van der Waals surface area contributed by atoms with Gasteiger partial charge in [0.25, 0.3) is 0 Å².